The van der Waals surface area contributed by atoms with Gasteiger partial charge < -0.3 is 5.32 Å². The number of rotatable bonds is 4. The van der Waals surface area contributed by atoms with Crippen LogP contribution in [0.15, 0.2) is 36.7 Å². The average molecular weight is 219 g/mol. The summed E-state index contributed by atoms with van der Waals surface area (Å²) in [7, 11) is 0. The van der Waals surface area contributed by atoms with Crippen molar-refractivity contribution in [1.29, 1.82) is 0 Å². The summed E-state index contributed by atoms with van der Waals surface area (Å²) in [6.45, 7) is 3.82. The molecule has 0 bridgehead atoms. The summed E-state index contributed by atoms with van der Waals surface area (Å²) in [6, 6.07) is 0. The van der Waals surface area contributed by atoms with E-state index in [1.165, 1.54) is 12.8 Å². The quantitative estimate of drug-likeness (QED) is 0.580. The van der Waals surface area contributed by atoms with Crippen molar-refractivity contribution in [2.75, 3.05) is 0 Å². The van der Waals surface area contributed by atoms with Crippen LogP contribution in [0.3, 0.4) is 0 Å². The topological polar surface area (TPSA) is 26.1 Å². The Bertz CT molecular complexity index is 331. The third-order valence-electron chi connectivity index (χ3n) is 2.94. The predicted molar refractivity (Wildman–Crippen MR) is 66.1 cm³/mol. The van der Waals surface area contributed by atoms with Crippen LogP contribution in [0.25, 0.3) is 0 Å². The molecular weight excluding hydrogens is 204 g/mol. The molecule has 2 rings (SSSR count). The zero-order valence-corrected chi connectivity index (χ0v) is 9.46. The summed E-state index contributed by atoms with van der Waals surface area (Å²) >= 11 is 5.00. The minimum absolute atomic E-state index is 0.439. The first-order valence-corrected chi connectivity index (χ1v) is 5.72. The largest absolute Gasteiger partial charge is 0.336 e. The fraction of sp³-hybridized carbons (Fsp3) is 0.417. The maximum absolute atomic E-state index is 5.00. The lowest BCUT2D eigenvalue weighted by Crippen LogP contribution is -2.21. The Morgan fingerprint density at radius 2 is 2.60 bits per heavy atom. The van der Waals surface area contributed by atoms with Crippen molar-refractivity contribution in [3.63, 3.8) is 0 Å². The second-order valence-corrected chi connectivity index (χ2v) is 4.32. The summed E-state index contributed by atoms with van der Waals surface area (Å²) in [5.41, 5.74) is 1.08. The van der Waals surface area contributed by atoms with Crippen LogP contribution >= 0.6 is 12.2 Å². The van der Waals surface area contributed by atoms with Crippen molar-refractivity contribution >= 4 is 17.3 Å². The molecule has 79 valence electrons. The molecule has 1 heterocycles. The molecule has 2 nitrogen and oxygen atoms in total. The molecule has 0 saturated carbocycles. The van der Waals surface area contributed by atoms with Gasteiger partial charge in [-0.15, -0.1) is 6.58 Å². The first-order valence-electron chi connectivity index (χ1n) is 5.31. The van der Waals surface area contributed by atoms with Gasteiger partial charge in [-0.2, -0.15) is 0 Å². The maximum atomic E-state index is 5.00. The molecule has 0 fully saturated rings. The highest BCUT2D eigenvalue weighted by atomic mass is 32.1. The molecule has 2 aliphatic rings. The van der Waals surface area contributed by atoms with E-state index in [1.807, 2.05) is 12.3 Å². The van der Waals surface area contributed by atoms with Gasteiger partial charge in [-0.1, -0.05) is 18.2 Å². The summed E-state index contributed by atoms with van der Waals surface area (Å²) < 4.78 is 0. The van der Waals surface area contributed by atoms with Crippen LogP contribution in [0.2, 0.25) is 0 Å². The van der Waals surface area contributed by atoms with E-state index >= 15 is 0 Å². The molecule has 0 aromatic rings. The van der Waals surface area contributed by atoms with E-state index < -0.39 is 0 Å². The van der Waals surface area contributed by atoms with E-state index in [2.05, 4.69) is 29.4 Å². The standard InChI is InChI=1S/C12H15N2S/c1-2-5-10(9-6-3-4-7-9)11-8-13-12(15)14-11/h2-3,6,8-10H,1,4-5,7H2,(H,13,15). The highest BCUT2D eigenvalue weighted by Gasteiger charge is 2.27. The minimum atomic E-state index is 0.439. The normalized spacial score (nSPS) is 25.7. The molecular formula is C12H15N2S. The van der Waals surface area contributed by atoms with Gasteiger partial charge in [0.05, 0.1) is 5.70 Å². The summed E-state index contributed by atoms with van der Waals surface area (Å²) in [6.07, 6.45) is 11.8. The molecule has 0 spiro atoms. The fourth-order valence-electron chi connectivity index (χ4n) is 2.19. The van der Waals surface area contributed by atoms with E-state index in [9.17, 15) is 0 Å². The van der Waals surface area contributed by atoms with Crippen molar-refractivity contribution in [3.8, 4) is 0 Å². The summed E-state index contributed by atoms with van der Waals surface area (Å²) in [4.78, 5) is 0. The van der Waals surface area contributed by atoms with Crippen LogP contribution in [-0.4, -0.2) is 5.11 Å². The Kier molecular flexibility index (Phi) is 3.21. The highest BCUT2D eigenvalue weighted by molar-refractivity contribution is 7.80. The van der Waals surface area contributed by atoms with Gasteiger partial charge in [-0.25, -0.2) is 5.32 Å². The van der Waals surface area contributed by atoms with Gasteiger partial charge in [0.2, 0.25) is 0 Å². The molecule has 2 atom stereocenters. The molecule has 0 amide bonds. The second-order valence-electron chi connectivity index (χ2n) is 3.93. The molecule has 0 aromatic heterocycles. The number of hydrogen-bond donors (Lipinski definition) is 1. The van der Waals surface area contributed by atoms with Gasteiger partial charge in [-0.3, -0.25) is 0 Å². The minimum Gasteiger partial charge on any atom is -0.336 e. The SMILES string of the molecule is C=CCC(C1=CNC(=S)[N]1)C1C=CCC1. The van der Waals surface area contributed by atoms with E-state index in [1.54, 1.807) is 0 Å². The number of allylic oxidation sites excluding steroid dienone is 4. The van der Waals surface area contributed by atoms with Crippen LogP contribution in [0.5, 0.6) is 0 Å². The smallest absolute Gasteiger partial charge is 0.197 e. The lowest BCUT2D eigenvalue weighted by atomic mass is 9.86. The Morgan fingerprint density at radius 1 is 1.73 bits per heavy atom. The average Bonchev–Trinajstić information content (AvgIpc) is 2.85. The predicted octanol–water partition coefficient (Wildman–Crippen LogP) is 2.48. The number of thiocarbonyl (C=S) groups is 1. The van der Waals surface area contributed by atoms with Crippen LogP contribution in [0.1, 0.15) is 19.3 Å². The van der Waals surface area contributed by atoms with E-state index in [0.717, 1.165) is 12.1 Å². The van der Waals surface area contributed by atoms with Gasteiger partial charge in [0.1, 0.15) is 0 Å². The van der Waals surface area contributed by atoms with Crippen LogP contribution in [-0.2, 0) is 0 Å². The number of hydrogen-bond acceptors (Lipinski definition) is 1. The van der Waals surface area contributed by atoms with Gasteiger partial charge in [0.25, 0.3) is 0 Å². The van der Waals surface area contributed by atoms with Gasteiger partial charge >= 0.3 is 0 Å². The number of nitrogens with one attached hydrogen (secondary N) is 1. The fourth-order valence-corrected chi connectivity index (χ4v) is 2.36. The van der Waals surface area contributed by atoms with Crippen LogP contribution in [0.4, 0.5) is 0 Å². The number of nitrogens with zero attached hydrogens (tertiary/aromatic N) is 1. The first-order chi connectivity index (χ1) is 7.31. The lowest BCUT2D eigenvalue weighted by Gasteiger charge is -2.20. The van der Waals surface area contributed by atoms with Gasteiger partial charge in [0, 0.05) is 12.1 Å². The molecule has 15 heavy (non-hydrogen) atoms. The second kappa shape index (κ2) is 4.62. The molecule has 3 heteroatoms. The van der Waals surface area contributed by atoms with E-state index in [4.69, 9.17) is 12.2 Å². The molecule has 1 aliphatic carbocycles. The van der Waals surface area contributed by atoms with Gasteiger partial charge in [-0.05, 0) is 37.4 Å². The molecule has 0 saturated heterocycles. The Morgan fingerprint density at radius 3 is 3.13 bits per heavy atom. The van der Waals surface area contributed by atoms with Crippen molar-refractivity contribution in [2.24, 2.45) is 11.8 Å². The molecule has 1 aliphatic heterocycles. The Balaban J connectivity index is 2.08. The summed E-state index contributed by atoms with van der Waals surface area (Å²) in [5.74, 6) is 1.04. The molecule has 2 unspecified atom stereocenters. The maximum Gasteiger partial charge on any atom is 0.197 e. The third-order valence-corrected chi connectivity index (χ3v) is 3.15. The Hall–Kier alpha value is -1.09. The van der Waals surface area contributed by atoms with Crippen LogP contribution in [0, 0.1) is 11.8 Å². The highest BCUT2D eigenvalue weighted by Crippen LogP contribution is 2.33. The zero-order valence-electron chi connectivity index (χ0n) is 8.65. The van der Waals surface area contributed by atoms with Crippen molar-refractivity contribution in [2.45, 2.75) is 19.3 Å². The van der Waals surface area contributed by atoms with E-state index in [-0.39, 0.29) is 0 Å². The third kappa shape index (κ3) is 2.29. The van der Waals surface area contributed by atoms with Crippen molar-refractivity contribution < 1.29 is 0 Å². The molecule has 0 aromatic carbocycles. The van der Waals surface area contributed by atoms with Crippen molar-refractivity contribution in [3.05, 3.63) is 36.7 Å². The molecule has 1 N–H and O–H groups in total. The lowest BCUT2D eigenvalue weighted by molar-refractivity contribution is 0.439. The monoisotopic (exact) mass is 219 g/mol. The first kappa shape index (κ1) is 10.4. The van der Waals surface area contributed by atoms with Crippen molar-refractivity contribution in [1.82, 2.24) is 10.6 Å². The summed E-state index contributed by atoms with van der Waals surface area (Å²) in [5, 5.41) is 7.91. The Labute approximate surface area is 96.1 Å². The van der Waals surface area contributed by atoms with Gasteiger partial charge in [0.15, 0.2) is 5.11 Å². The molecule has 1 radical (unpaired) electrons. The zero-order chi connectivity index (χ0) is 10.7. The van der Waals surface area contributed by atoms with E-state index in [0.29, 0.717) is 16.9 Å². The van der Waals surface area contributed by atoms with Crippen LogP contribution < -0.4 is 10.6 Å².